The second kappa shape index (κ2) is 9.60. The fraction of sp³-hybridized carbons (Fsp3) is 0.235. The lowest BCUT2D eigenvalue weighted by Gasteiger charge is -2.17. The third kappa shape index (κ3) is 6.58. The molecule has 0 saturated heterocycles. The predicted molar refractivity (Wildman–Crippen MR) is 83.2 cm³/mol. The van der Waals surface area contributed by atoms with Crippen molar-refractivity contribution in [2.75, 3.05) is 26.2 Å². The topological polar surface area (TPSA) is 32.3 Å². The number of hydrogen-bond acceptors (Lipinski definition) is 2. The molecule has 104 valence electrons. The summed E-state index contributed by atoms with van der Waals surface area (Å²) in [5.74, 6) is 5.88. The summed E-state index contributed by atoms with van der Waals surface area (Å²) in [5.41, 5.74) is 0.946. The molecule has 0 saturated carbocycles. The van der Waals surface area contributed by atoms with Crippen LogP contribution in [-0.2, 0) is 4.79 Å². The van der Waals surface area contributed by atoms with Gasteiger partial charge in [0.05, 0.1) is 13.1 Å². The first-order valence-electron chi connectivity index (χ1n) is 6.51. The molecule has 0 fully saturated rings. The highest BCUT2D eigenvalue weighted by atomic mass is 16.2. The van der Waals surface area contributed by atoms with Gasteiger partial charge in [0.2, 0.25) is 5.91 Å². The number of carbonyl (C=O) groups is 1. The molecule has 0 atom stereocenters. The quantitative estimate of drug-likeness (QED) is 0.604. The molecule has 0 radical (unpaired) electrons. The van der Waals surface area contributed by atoms with E-state index >= 15 is 0 Å². The van der Waals surface area contributed by atoms with E-state index in [4.69, 9.17) is 0 Å². The maximum Gasteiger partial charge on any atom is 0.234 e. The van der Waals surface area contributed by atoms with Gasteiger partial charge in [-0.1, -0.05) is 42.2 Å². The Morgan fingerprint density at radius 2 is 1.85 bits per heavy atom. The molecule has 1 aromatic rings. The van der Waals surface area contributed by atoms with Crippen molar-refractivity contribution in [2.45, 2.75) is 0 Å². The lowest BCUT2D eigenvalue weighted by molar-refractivity contribution is -0.121. The van der Waals surface area contributed by atoms with E-state index < -0.39 is 0 Å². The first kappa shape index (κ1) is 15.7. The van der Waals surface area contributed by atoms with Crippen LogP contribution < -0.4 is 5.32 Å². The SMILES string of the molecule is C=CCN(CC=C)CC(=O)NCC#Cc1ccccc1. The van der Waals surface area contributed by atoms with E-state index in [1.165, 1.54) is 0 Å². The minimum Gasteiger partial charge on any atom is -0.344 e. The fourth-order valence-corrected chi connectivity index (χ4v) is 1.64. The molecular formula is C17H20N2O. The first-order chi connectivity index (χ1) is 9.76. The van der Waals surface area contributed by atoms with Gasteiger partial charge in [0, 0.05) is 18.7 Å². The lowest BCUT2D eigenvalue weighted by Crippen LogP contribution is -2.37. The molecular weight excluding hydrogens is 248 g/mol. The minimum absolute atomic E-state index is 0.0453. The van der Waals surface area contributed by atoms with Crippen LogP contribution in [0.1, 0.15) is 5.56 Å². The number of hydrogen-bond donors (Lipinski definition) is 1. The van der Waals surface area contributed by atoms with E-state index in [1.54, 1.807) is 12.2 Å². The summed E-state index contributed by atoms with van der Waals surface area (Å²) < 4.78 is 0. The van der Waals surface area contributed by atoms with E-state index in [1.807, 2.05) is 35.2 Å². The van der Waals surface area contributed by atoms with E-state index in [2.05, 4.69) is 30.3 Å². The van der Waals surface area contributed by atoms with Gasteiger partial charge >= 0.3 is 0 Å². The van der Waals surface area contributed by atoms with Crippen molar-refractivity contribution >= 4 is 5.91 Å². The zero-order valence-corrected chi connectivity index (χ0v) is 11.6. The van der Waals surface area contributed by atoms with Crippen LogP contribution in [0, 0.1) is 11.8 Å². The molecule has 0 bridgehead atoms. The Morgan fingerprint density at radius 1 is 1.20 bits per heavy atom. The monoisotopic (exact) mass is 268 g/mol. The average Bonchev–Trinajstić information content (AvgIpc) is 2.45. The van der Waals surface area contributed by atoms with Crippen LogP contribution in [0.5, 0.6) is 0 Å². The largest absolute Gasteiger partial charge is 0.344 e. The molecule has 1 amide bonds. The van der Waals surface area contributed by atoms with E-state index in [9.17, 15) is 4.79 Å². The third-order valence-electron chi connectivity index (χ3n) is 2.52. The van der Waals surface area contributed by atoms with Gasteiger partial charge in [-0.25, -0.2) is 0 Å². The Bertz CT molecular complexity index is 487. The van der Waals surface area contributed by atoms with Crippen molar-refractivity contribution in [3.05, 3.63) is 61.2 Å². The van der Waals surface area contributed by atoms with Crippen LogP contribution in [0.4, 0.5) is 0 Å². The number of carbonyl (C=O) groups excluding carboxylic acids is 1. The molecule has 1 rings (SSSR count). The molecule has 1 aromatic carbocycles. The van der Waals surface area contributed by atoms with E-state index in [0.29, 0.717) is 26.2 Å². The van der Waals surface area contributed by atoms with Crippen molar-refractivity contribution in [3.8, 4) is 11.8 Å². The van der Waals surface area contributed by atoms with Crippen molar-refractivity contribution in [1.29, 1.82) is 0 Å². The van der Waals surface area contributed by atoms with Gasteiger partial charge in [-0.05, 0) is 12.1 Å². The van der Waals surface area contributed by atoms with Crippen LogP contribution in [0.2, 0.25) is 0 Å². The molecule has 0 aliphatic rings. The van der Waals surface area contributed by atoms with Gasteiger partial charge < -0.3 is 5.32 Å². The molecule has 0 aromatic heterocycles. The summed E-state index contributed by atoms with van der Waals surface area (Å²) in [4.78, 5) is 13.7. The number of amides is 1. The van der Waals surface area contributed by atoms with Gasteiger partial charge in [0.15, 0.2) is 0 Å². The Kier molecular flexibility index (Phi) is 7.56. The Balaban J connectivity index is 2.34. The molecule has 0 heterocycles. The van der Waals surface area contributed by atoms with Crippen molar-refractivity contribution in [1.82, 2.24) is 10.2 Å². The van der Waals surface area contributed by atoms with E-state index in [0.717, 1.165) is 5.56 Å². The van der Waals surface area contributed by atoms with Crippen molar-refractivity contribution in [2.24, 2.45) is 0 Å². The number of nitrogens with one attached hydrogen (secondary N) is 1. The summed E-state index contributed by atoms with van der Waals surface area (Å²) in [6.07, 6.45) is 3.54. The number of benzene rings is 1. The van der Waals surface area contributed by atoms with Crippen molar-refractivity contribution < 1.29 is 4.79 Å². The highest BCUT2D eigenvalue weighted by Crippen LogP contribution is 1.94. The summed E-state index contributed by atoms with van der Waals surface area (Å²) >= 11 is 0. The Morgan fingerprint density at radius 3 is 2.45 bits per heavy atom. The minimum atomic E-state index is -0.0453. The third-order valence-corrected chi connectivity index (χ3v) is 2.52. The number of rotatable bonds is 7. The summed E-state index contributed by atoms with van der Waals surface area (Å²) in [5, 5.41) is 2.78. The zero-order chi connectivity index (χ0) is 14.6. The van der Waals surface area contributed by atoms with Gasteiger partial charge in [-0.3, -0.25) is 9.69 Å². The van der Waals surface area contributed by atoms with E-state index in [-0.39, 0.29) is 5.91 Å². The second-order valence-corrected chi connectivity index (χ2v) is 4.22. The number of nitrogens with zero attached hydrogens (tertiary/aromatic N) is 1. The highest BCUT2D eigenvalue weighted by Gasteiger charge is 2.06. The second-order valence-electron chi connectivity index (χ2n) is 4.22. The van der Waals surface area contributed by atoms with Crippen LogP contribution >= 0.6 is 0 Å². The van der Waals surface area contributed by atoms with Gasteiger partial charge in [0.25, 0.3) is 0 Å². The predicted octanol–water partition coefficient (Wildman–Crippen LogP) is 1.83. The van der Waals surface area contributed by atoms with Crippen LogP contribution in [0.3, 0.4) is 0 Å². The lowest BCUT2D eigenvalue weighted by atomic mass is 10.2. The molecule has 0 aliphatic carbocycles. The smallest absolute Gasteiger partial charge is 0.234 e. The molecule has 0 unspecified atom stereocenters. The molecule has 3 heteroatoms. The maximum absolute atomic E-state index is 11.7. The van der Waals surface area contributed by atoms with Gasteiger partial charge in [-0.15, -0.1) is 13.2 Å². The maximum atomic E-state index is 11.7. The zero-order valence-electron chi connectivity index (χ0n) is 11.6. The molecule has 20 heavy (non-hydrogen) atoms. The van der Waals surface area contributed by atoms with Crippen molar-refractivity contribution in [3.63, 3.8) is 0 Å². The summed E-state index contributed by atoms with van der Waals surface area (Å²) in [6.45, 7) is 9.34. The standard InChI is InChI=1S/C17H20N2O/c1-3-13-19(14-4-2)15-17(20)18-12-8-11-16-9-6-5-7-10-16/h3-7,9-10H,1-2,12-15H2,(H,18,20). The van der Waals surface area contributed by atoms with Crippen LogP contribution in [-0.4, -0.2) is 37.0 Å². The summed E-state index contributed by atoms with van der Waals surface area (Å²) in [7, 11) is 0. The van der Waals surface area contributed by atoms with Crippen LogP contribution in [0.15, 0.2) is 55.6 Å². The van der Waals surface area contributed by atoms with Gasteiger partial charge in [0.1, 0.15) is 0 Å². The molecule has 3 nitrogen and oxygen atoms in total. The average molecular weight is 268 g/mol. The summed E-state index contributed by atoms with van der Waals surface area (Å²) in [6, 6.07) is 9.69. The Labute approximate surface area is 121 Å². The molecule has 1 N–H and O–H groups in total. The molecule has 0 aliphatic heterocycles. The normalized spacial score (nSPS) is 9.45. The molecule has 0 spiro atoms. The Hall–Kier alpha value is -2.31. The highest BCUT2D eigenvalue weighted by molar-refractivity contribution is 5.78. The first-order valence-corrected chi connectivity index (χ1v) is 6.51. The fourth-order valence-electron chi connectivity index (χ4n) is 1.64. The van der Waals surface area contributed by atoms with Gasteiger partial charge in [-0.2, -0.15) is 0 Å². The van der Waals surface area contributed by atoms with Crippen LogP contribution in [0.25, 0.3) is 0 Å².